The fourth-order valence-electron chi connectivity index (χ4n) is 2.06. The van der Waals surface area contributed by atoms with Crippen molar-refractivity contribution in [1.82, 2.24) is 15.5 Å². The Bertz CT molecular complexity index is 700. The Morgan fingerprint density at radius 3 is 2.58 bits per heavy atom. The van der Waals surface area contributed by atoms with Crippen molar-refractivity contribution in [3.8, 4) is 11.5 Å². The lowest BCUT2D eigenvalue weighted by Gasteiger charge is -2.09. The molecule has 1 amide bonds. The van der Waals surface area contributed by atoms with E-state index >= 15 is 0 Å². The number of carboxylic acid groups (broad SMARTS) is 1. The van der Waals surface area contributed by atoms with Gasteiger partial charge >= 0.3 is 5.97 Å². The van der Waals surface area contributed by atoms with Crippen molar-refractivity contribution in [2.24, 2.45) is 0 Å². The summed E-state index contributed by atoms with van der Waals surface area (Å²) in [6.07, 6.45) is 1.32. The lowest BCUT2D eigenvalue weighted by atomic mass is 10.2. The Morgan fingerprint density at radius 2 is 1.92 bits per heavy atom. The van der Waals surface area contributed by atoms with Gasteiger partial charge in [0.25, 0.3) is 5.89 Å². The number of amides is 1. The molecule has 24 heavy (non-hydrogen) atoms. The van der Waals surface area contributed by atoms with E-state index in [9.17, 15) is 9.59 Å². The number of benzene rings is 1. The van der Waals surface area contributed by atoms with E-state index in [1.165, 1.54) is 0 Å². The molecule has 0 aliphatic rings. The van der Waals surface area contributed by atoms with Crippen LogP contribution in [0.15, 0.2) is 28.8 Å². The third-order valence-corrected chi connectivity index (χ3v) is 3.59. The van der Waals surface area contributed by atoms with E-state index in [-0.39, 0.29) is 18.7 Å². The van der Waals surface area contributed by atoms with Crippen LogP contribution in [-0.4, -0.2) is 27.1 Å². The van der Waals surface area contributed by atoms with Crippen LogP contribution in [0.1, 0.15) is 44.5 Å². The van der Waals surface area contributed by atoms with Crippen molar-refractivity contribution in [2.75, 3.05) is 0 Å². The molecule has 2 aromatic rings. The lowest BCUT2D eigenvalue weighted by molar-refractivity contribution is -0.137. The molecule has 8 heteroatoms. The van der Waals surface area contributed by atoms with E-state index in [4.69, 9.17) is 21.2 Å². The summed E-state index contributed by atoms with van der Waals surface area (Å²) in [7, 11) is 0. The molecule has 0 bridgehead atoms. The quantitative estimate of drug-likeness (QED) is 0.707. The zero-order chi connectivity index (χ0) is 17.5. The maximum Gasteiger partial charge on any atom is 0.303 e. The van der Waals surface area contributed by atoms with E-state index in [0.29, 0.717) is 29.6 Å². The summed E-state index contributed by atoms with van der Waals surface area (Å²) in [6, 6.07) is 6.59. The summed E-state index contributed by atoms with van der Waals surface area (Å²) in [6.45, 7) is 1.76. The summed E-state index contributed by atoms with van der Waals surface area (Å²) in [5.41, 5.74) is 0.741. The van der Waals surface area contributed by atoms with Gasteiger partial charge in [0.1, 0.15) is 0 Å². The number of unbranched alkanes of at least 4 members (excludes halogenated alkanes) is 1. The highest BCUT2D eigenvalue weighted by atomic mass is 35.5. The second kappa shape index (κ2) is 8.44. The number of aliphatic carboxylic acids is 1. The van der Waals surface area contributed by atoms with E-state index < -0.39 is 12.0 Å². The molecule has 0 saturated carbocycles. The van der Waals surface area contributed by atoms with Crippen molar-refractivity contribution in [3.63, 3.8) is 0 Å². The van der Waals surface area contributed by atoms with Crippen LogP contribution in [0, 0.1) is 0 Å². The van der Waals surface area contributed by atoms with Crippen LogP contribution in [0.3, 0.4) is 0 Å². The molecule has 1 atom stereocenters. The van der Waals surface area contributed by atoms with Gasteiger partial charge in [-0.15, -0.1) is 0 Å². The van der Waals surface area contributed by atoms with Crippen molar-refractivity contribution in [2.45, 2.75) is 38.6 Å². The topological polar surface area (TPSA) is 105 Å². The molecule has 1 aromatic carbocycles. The van der Waals surface area contributed by atoms with Gasteiger partial charge < -0.3 is 14.9 Å². The van der Waals surface area contributed by atoms with E-state index in [1.807, 2.05) is 0 Å². The van der Waals surface area contributed by atoms with Gasteiger partial charge in [-0.2, -0.15) is 4.98 Å². The standard InChI is InChI=1S/C16H18ClN3O4/c1-10(18-13(21)4-2-3-5-14(22)23)15-19-16(24-20-15)11-6-8-12(17)9-7-11/h6-10H,2-5H2,1H3,(H,18,21)(H,22,23). The summed E-state index contributed by atoms with van der Waals surface area (Å²) < 4.78 is 5.20. The number of halogens is 1. The molecule has 0 aliphatic carbocycles. The number of aromatic nitrogens is 2. The predicted molar refractivity (Wildman–Crippen MR) is 87.4 cm³/mol. The highest BCUT2D eigenvalue weighted by molar-refractivity contribution is 6.30. The smallest absolute Gasteiger partial charge is 0.303 e. The second-order valence-corrected chi connectivity index (χ2v) is 5.79. The van der Waals surface area contributed by atoms with Crippen LogP contribution in [0.25, 0.3) is 11.5 Å². The second-order valence-electron chi connectivity index (χ2n) is 5.35. The number of nitrogens with one attached hydrogen (secondary N) is 1. The Balaban J connectivity index is 1.86. The highest BCUT2D eigenvalue weighted by Gasteiger charge is 2.16. The molecule has 1 aromatic heterocycles. The van der Waals surface area contributed by atoms with E-state index in [1.54, 1.807) is 31.2 Å². The summed E-state index contributed by atoms with van der Waals surface area (Å²) in [4.78, 5) is 26.5. The first-order chi connectivity index (χ1) is 11.5. The number of carboxylic acids is 1. The summed E-state index contributed by atoms with van der Waals surface area (Å²) in [5, 5.41) is 15.8. The maximum absolute atomic E-state index is 11.8. The van der Waals surface area contributed by atoms with Crippen LogP contribution < -0.4 is 5.32 Å². The van der Waals surface area contributed by atoms with Crippen molar-refractivity contribution in [3.05, 3.63) is 35.1 Å². The normalized spacial score (nSPS) is 11.9. The van der Waals surface area contributed by atoms with Gasteiger partial charge in [-0.1, -0.05) is 16.8 Å². The van der Waals surface area contributed by atoms with Gasteiger partial charge in [-0.3, -0.25) is 9.59 Å². The lowest BCUT2D eigenvalue weighted by Crippen LogP contribution is -2.27. The largest absolute Gasteiger partial charge is 0.481 e. The number of carbonyl (C=O) groups excluding carboxylic acids is 1. The van der Waals surface area contributed by atoms with Gasteiger partial charge in [0, 0.05) is 23.4 Å². The van der Waals surface area contributed by atoms with Crippen LogP contribution in [0.4, 0.5) is 0 Å². The fraction of sp³-hybridized carbons (Fsp3) is 0.375. The Labute approximate surface area is 144 Å². The number of carbonyl (C=O) groups is 2. The van der Waals surface area contributed by atoms with Gasteiger partial charge in [0.2, 0.25) is 5.91 Å². The fourth-order valence-corrected chi connectivity index (χ4v) is 2.19. The minimum atomic E-state index is -0.856. The molecule has 2 rings (SSSR count). The minimum Gasteiger partial charge on any atom is -0.481 e. The van der Waals surface area contributed by atoms with Crippen molar-refractivity contribution < 1.29 is 19.2 Å². The Morgan fingerprint density at radius 1 is 1.25 bits per heavy atom. The highest BCUT2D eigenvalue weighted by Crippen LogP contribution is 2.21. The third-order valence-electron chi connectivity index (χ3n) is 3.34. The molecule has 0 fully saturated rings. The van der Waals surface area contributed by atoms with Crippen LogP contribution >= 0.6 is 11.6 Å². The van der Waals surface area contributed by atoms with Crippen molar-refractivity contribution >= 4 is 23.5 Å². The van der Waals surface area contributed by atoms with E-state index in [0.717, 1.165) is 5.56 Å². The van der Waals surface area contributed by atoms with Gasteiger partial charge in [0.05, 0.1) is 6.04 Å². The molecule has 2 N–H and O–H groups in total. The first-order valence-corrected chi connectivity index (χ1v) is 7.94. The van der Waals surface area contributed by atoms with E-state index in [2.05, 4.69) is 15.5 Å². The predicted octanol–water partition coefficient (Wildman–Crippen LogP) is 3.21. The maximum atomic E-state index is 11.8. The zero-order valence-electron chi connectivity index (χ0n) is 13.2. The van der Waals surface area contributed by atoms with Crippen LogP contribution in [-0.2, 0) is 9.59 Å². The Kier molecular flexibility index (Phi) is 6.31. The molecule has 1 unspecified atom stereocenters. The number of hydrogen-bond acceptors (Lipinski definition) is 5. The van der Waals surface area contributed by atoms with Crippen LogP contribution in [0.2, 0.25) is 5.02 Å². The molecular weight excluding hydrogens is 334 g/mol. The average molecular weight is 352 g/mol. The van der Waals surface area contributed by atoms with Crippen LogP contribution in [0.5, 0.6) is 0 Å². The van der Waals surface area contributed by atoms with Gasteiger partial charge in [0.15, 0.2) is 5.82 Å². The number of hydrogen-bond donors (Lipinski definition) is 2. The van der Waals surface area contributed by atoms with Crippen molar-refractivity contribution in [1.29, 1.82) is 0 Å². The SMILES string of the molecule is CC(NC(=O)CCCCC(=O)O)c1noc(-c2ccc(Cl)cc2)n1. The van der Waals surface area contributed by atoms with Gasteiger partial charge in [-0.05, 0) is 44.0 Å². The zero-order valence-corrected chi connectivity index (χ0v) is 13.9. The molecule has 0 spiro atoms. The number of nitrogens with zero attached hydrogens (tertiary/aromatic N) is 2. The molecule has 0 aliphatic heterocycles. The summed E-state index contributed by atoms with van der Waals surface area (Å²) >= 11 is 5.83. The van der Waals surface area contributed by atoms with Gasteiger partial charge in [-0.25, -0.2) is 0 Å². The molecule has 7 nitrogen and oxygen atoms in total. The monoisotopic (exact) mass is 351 g/mol. The first kappa shape index (κ1) is 17.9. The summed E-state index contributed by atoms with van der Waals surface area (Å²) in [5.74, 6) is -0.306. The average Bonchev–Trinajstić information content (AvgIpc) is 3.02. The number of rotatable bonds is 8. The molecular formula is C16H18ClN3O4. The molecule has 1 heterocycles. The Hall–Kier alpha value is -2.41. The first-order valence-electron chi connectivity index (χ1n) is 7.56. The molecule has 0 saturated heterocycles. The molecule has 0 radical (unpaired) electrons. The third kappa shape index (κ3) is 5.34. The minimum absolute atomic E-state index is 0.0676. The molecule has 128 valence electrons.